The van der Waals surface area contributed by atoms with Crippen molar-refractivity contribution >= 4 is 23.3 Å². The Kier molecular flexibility index (Phi) is 3.94. The number of aliphatic hydroxyl groups is 1. The molecule has 0 heterocycles. The second-order valence-corrected chi connectivity index (χ2v) is 10.6. The van der Waals surface area contributed by atoms with Crippen molar-refractivity contribution in [3.05, 3.63) is 100 Å². The van der Waals surface area contributed by atoms with Crippen LogP contribution in [0.3, 0.4) is 0 Å². The van der Waals surface area contributed by atoms with E-state index in [9.17, 15) is 8.18 Å². The molecule has 0 amide bonds. The average Bonchev–Trinajstić information content (AvgIpc) is 2.91. The van der Waals surface area contributed by atoms with Crippen molar-refractivity contribution in [2.24, 2.45) is 0 Å². The number of fused-ring (bicyclic) bond motifs is 3. The second-order valence-electron chi connectivity index (χ2n) is 5.92. The summed E-state index contributed by atoms with van der Waals surface area (Å²) in [5.74, 6) is 0. The molecule has 3 aromatic rings. The first-order valence-corrected chi connectivity index (χ1v) is 12.1. The van der Waals surface area contributed by atoms with Crippen LogP contribution in [0.1, 0.15) is 11.1 Å². The summed E-state index contributed by atoms with van der Waals surface area (Å²) in [6.45, 7) is 0. The third-order valence-corrected chi connectivity index (χ3v) is 8.41. The van der Waals surface area contributed by atoms with Crippen LogP contribution in [0.2, 0.25) is 0 Å². The van der Waals surface area contributed by atoms with Crippen molar-refractivity contribution in [2.75, 3.05) is 0 Å². The number of hydrogen-bond donors (Lipinski definition) is 1. The number of benzene rings is 3. The predicted molar refractivity (Wildman–Crippen MR) is 96.5 cm³/mol. The molecule has 3 heteroatoms. The summed E-state index contributed by atoms with van der Waals surface area (Å²) >= 11 is -3.09. The molecule has 0 fully saturated rings. The van der Waals surface area contributed by atoms with Crippen molar-refractivity contribution in [1.29, 1.82) is 0 Å². The Morgan fingerprint density at radius 1 is 0.750 bits per heavy atom. The van der Waals surface area contributed by atoms with Gasteiger partial charge in [0.05, 0.1) is 0 Å². The van der Waals surface area contributed by atoms with E-state index in [-0.39, 0.29) is 0 Å². The van der Waals surface area contributed by atoms with Crippen molar-refractivity contribution in [2.45, 2.75) is 5.60 Å². The van der Waals surface area contributed by atoms with Gasteiger partial charge in [0.15, 0.2) is 0 Å². The van der Waals surface area contributed by atoms with Crippen LogP contribution in [-0.2, 0) is 8.68 Å². The van der Waals surface area contributed by atoms with Crippen LogP contribution in [-0.4, -0.2) is 24.9 Å². The van der Waals surface area contributed by atoms with E-state index in [2.05, 4.69) is 0 Å². The summed E-state index contributed by atoms with van der Waals surface area (Å²) in [7, 11) is 0. The molecule has 0 bridgehead atoms. The molecule has 4 rings (SSSR count). The Morgan fingerprint density at radius 2 is 1.25 bits per heavy atom. The molecular weight excluding hydrogens is 403 g/mol. The van der Waals surface area contributed by atoms with Crippen molar-refractivity contribution in [3.8, 4) is 11.1 Å². The Bertz CT molecular complexity index is 899. The Balaban J connectivity index is 1.80. The zero-order chi connectivity index (χ0) is 16.6. The van der Waals surface area contributed by atoms with E-state index in [4.69, 9.17) is 0 Å². The maximum atomic E-state index is 12.6. The summed E-state index contributed by atoms with van der Waals surface area (Å²) in [6.07, 6.45) is 1.73. The molecule has 3 aromatic carbocycles. The van der Waals surface area contributed by atoms with Gasteiger partial charge in [0.2, 0.25) is 0 Å². The molecule has 1 aliphatic carbocycles. The summed E-state index contributed by atoms with van der Waals surface area (Å²) in [5.41, 5.74) is 2.57. The van der Waals surface area contributed by atoms with Crippen LogP contribution in [0.15, 0.2) is 89.0 Å². The predicted octanol–water partition coefficient (Wildman–Crippen LogP) is 3.33. The monoisotopic (exact) mass is 420 g/mol. The quantitative estimate of drug-likeness (QED) is 0.662. The molecule has 24 heavy (non-hydrogen) atoms. The van der Waals surface area contributed by atoms with E-state index in [0.717, 1.165) is 25.8 Å². The molecule has 0 aromatic heterocycles. The third-order valence-electron chi connectivity index (χ3n) is 4.50. The van der Waals surface area contributed by atoms with Gasteiger partial charge in [-0.1, -0.05) is 0 Å². The topological polar surface area (TPSA) is 37.3 Å². The van der Waals surface area contributed by atoms with Crippen molar-refractivity contribution < 1.29 is 8.18 Å². The van der Waals surface area contributed by atoms with Gasteiger partial charge in [-0.05, 0) is 0 Å². The summed E-state index contributed by atoms with van der Waals surface area (Å²) in [4.78, 5) is 0. The van der Waals surface area contributed by atoms with Gasteiger partial charge < -0.3 is 0 Å². The molecular formula is C21H16O2Sn. The first-order valence-electron chi connectivity index (χ1n) is 7.90. The second kappa shape index (κ2) is 6.11. The van der Waals surface area contributed by atoms with E-state index in [1.807, 2.05) is 78.9 Å². The third kappa shape index (κ3) is 2.46. The van der Waals surface area contributed by atoms with Gasteiger partial charge >= 0.3 is 148 Å². The van der Waals surface area contributed by atoms with E-state index in [1.54, 1.807) is 10.2 Å². The fourth-order valence-electron chi connectivity index (χ4n) is 3.32. The maximum absolute atomic E-state index is 12.6. The van der Waals surface area contributed by atoms with Gasteiger partial charge in [-0.3, -0.25) is 0 Å². The van der Waals surface area contributed by atoms with Gasteiger partial charge in [-0.15, -0.1) is 0 Å². The molecule has 0 atom stereocenters. The fourth-order valence-corrected chi connectivity index (χ4v) is 6.48. The first kappa shape index (κ1) is 15.5. The molecule has 2 nitrogen and oxygen atoms in total. The molecule has 0 spiro atoms. The Morgan fingerprint density at radius 3 is 1.83 bits per heavy atom. The summed E-state index contributed by atoms with van der Waals surface area (Å²) < 4.78 is 15.3. The standard InChI is InChI=1S/C15H11O.C6H5.O.Sn/c1-2-15(16)13-9-5-3-7-11(13)12-8-4-6-10-14(12)15;1-2-4-6-5-3-1;;/h1-10,16H;1-5H;;. The van der Waals surface area contributed by atoms with Gasteiger partial charge in [-0.25, -0.2) is 0 Å². The molecule has 0 saturated carbocycles. The van der Waals surface area contributed by atoms with Gasteiger partial charge in [0.1, 0.15) is 0 Å². The molecule has 116 valence electrons. The van der Waals surface area contributed by atoms with Crippen LogP contribution < -0.4 is 3.58 Å². The first-order chi connectivity index (χ1) is 11.7. The Labute approximate surface area is 148 Å². The number of hydrogen-bond acceptors (Lipinski definition) is 2. The van der Waals surface area contributed by atoms with E-state index < -0.39 is 25.3 Å². The average molecular weight is 419 g/mol. The van der Waals surface area contributed by atoms with Crippen LogP contribution in [0.4, 0.5) is 0 Å². The van der Waals surface area contributed by atoms with Crippen molar-refractivity contribution in [3.63, 3.8) is 0 Å². The number of rotatable bonds is 3. The normalized spacial score (nSPS) is 14.4. The molecule has 0 saturated heterocycles. The Hall–Kier alpha value is -2.04. The molecule has 1 aliphatic rings. The van der Waals surface area contributed by atoms with Gasteiger partial charge in [0, 0.05) is 0 Å². The molecule has 1 N–H and O–H groups in total. The fraction of sp³-hybridized carbons (Fsp3) is 0.0476. The van der Waals surface area contributed by atoms with Crippen molar-refractivity contribution in [1.82, 2.24) is 0 Å². The van der Waals surface area contributed by atoms with Crippen LogP contribution in [0.25, 0.3) is 11.1 Å². The van der Waals surface area contributed by atoms with Crippen LogP contribution in [0.5, 0.6) is 0 Å². The summed E-state index contributed by atoms with van der Waals surface area (Å²) in [5, 5.41) is 11.4. The minimum absolute atomic E-state index is 0.853. The van der Waals surface area contributed by atoms with Gasteiger partial charge in [0.25, 0.3) is 0 Å². The molecule has 0 aliphatic heterocycles. The van der Waals surface area contributed by atoms with E-state index >= 15 is 0 Å². The zero-order valence-corrected chi connectivity index (χ0v) is 15.9. The van der Waals surface area contributed by atoms with Gasteiger partial charge in [-0.2, -0.15) is 0 Å². The van der Waals surface area contributed by atoms with E-state index in [1.165, 1.54) is 0 Å². The van der Waals surface area contributed by atoms with Crippen LogP contribution in [0, 0.1) is 0 Å². The molecule has 0 radical (unpaired) electrons. The molecule has 0 unspecified atom stereocenters. The van der Waals surface area contributed by atoms with E-state index in [0.29, 0.717) is 0 Å². The minimum atomic E-state index is -3.09. The zero-order valence-electron chi connectivity index (χ0n) is 13.0. The van der Waals surface area contributed by atoms with Crippen LogP contribution >= 0.6 is 0 Å². The summed E-state index contributed by atoms with van der Waals surface area (Å²) in [6, 6.07) is 25.2. The SMILES string of the molecule is [O]=[Sn](/[CH]=C/C1(O)c2ccccc2-c2ccccc21)[c]1ccccc1.